The molecule has 0 saturated heterocycles. The Morgan fingerprint density at radius 2 is 1.92 bits per heavy atom. The van der Waals surface area contributed by atoms with Crippen LogP contribution in [0.4, 0.5) is 14.6 Å². The van der Waals surface area contributed by atoms with Gasteiger partial charge < -0.3 is 11.1 Å². The van der Waals surface area contributed by atoms with Crippen LogP contribution in [0.15, 0.2) is 48.8 Å². The van der Waals surface area contributed by atoms with E-state index in [2.05, 4.69) is 15.4 Å². The normalized spacial score (nSPS) is 12.0. The number of benzene rings is 1. The minimum absolute atomic E-state index is 0.0814. The summed E-state index contributed by atoms with van der Waals surface area (Å²) < 4.78 is 27.8. The molecule has 3 rings (SSSR count). The van der Waals surface area contributed by atoms with E-state index in [1.54, 1.807) is 25.5 Å². The molecular formula is C18H17F2N5O. The van der Waals surface area contributed by atoms with E-state index in [1.165, 1.54) is 10.7 Å². The maximum absolute atomic E-state index is 13.3. The first-order valence-corrected chi connectivity index (χ1v) is 7.89. The lowest BCUT2D eigenvalue weighted by atomic mass is 10.1. The average molecular weight is 357 g/mol. The van der Waals surface area contributed by atoms with Crippen LogP contribution in [0.5, 0.6) is 0 Å². The Kier molecular flexibility index (Phi) is 5.04. The molecule has 6 nitrogen and oxygen atoms in total. The van der Waals surface area contributed by atoms with Crippen molar-refractivity contribution in [2.24, 2.45) is 12.8 Å². The molecule has 8 heteroatoms. The van der Waals surface area contributed by atoms with E-state index in [1.807, 2.05) is 12.1 Å². The highest BCUT2D eigenvalue weighted by Gasteiger charge is 2.17. The van der Waals surface area contributed by atoms with Crippen molar-refractivity contribution in [1.82, 2.24) is 14.8 Å². The van der Waals surface area contributed by atoms with Crippen LogP contribution in [-0.4, -0.2) is 26.7 Å². The highest BCUT2D eigenvalue weighted by Crippen LogP contribution is 2.20. The standard InChI is InChI=1S/C18H17F2N5O/c1-25-17(10-16(24-25)12-4-6-22-7-5-12)23-18(26)15(21)9-11-2-3-13(19)14(20)8-11/h2-8,10,15H,9,21H2,1H3,(H,23,26). The van der Waals surface area contributed by atoms with Gasteiger partial charge in [0.1, 0.15) is 5.82 Å². The Morgan fingerprint density at radius 3 is 2.62 bits per heavy atom. The molecule has 0 bridgehead atoms. The van der Waals surface area contributed by atoms with E-state index in [-0.39, 0.29) is 6.42 Å². The number of nitrogens with zero attached hydrogens (tertiary/aromatic N) is 3. The number of nitrogens with one attached hydrogen (secondary N) is 1. The Bertz CT molecular complexity index is 927. The molecule has 0 saturated carbocycles. The lowest BCUT2D eigenvalue weighted by Gasteiger charge is -2.12. The fraction of sp³-hybridized carbons (Fsp3) is 0.167. The molecular weight excluding hydrogens is 340 g/mol. The number of amides is 1. The number of hydrogen-bond acceptors (Lipinski definition) is 4. The zero-order valence-electron chi connectivity index (χ0n) is 14.0. The van der Waals surface area contributed by atoms with E-state index < -0.39 is 23.6 Å². The van der Waals surface area contributed by atoms with Crippen LogP contribution in [-0.2, 0) is 18.3 Å². The van der Waals surface area contributed by atoms with Crippen LogP contribution in [0.1, 0.15) is 5.56 Å². The molecule has 134 valence electrons. The van der Waals surface area contributed by atoms with Crippen LogP contribution in [0.2, 0.25) is 0 Å². The van der Waals surface area contributed by atoms with Crippen LogP contribution in [0.25, 0.3) is 11.3 Å². The van der Waals surface area contributed by atoms with Crippen molar-refractivity contribution in [3.05, 3.63) is 66.0 Å². The molecule has 0 aliphatic carbocycles. The van der Waals surface area contributed by atoms with Gasteiger partial charge in [0.05, 0.1) is 11.7 Å². The molecule has 3 aromatic rings. The van der Waals surface area contributed by atoms with E-state index in [4.69, 9.17) is 5.73 Å². The maximum atomic E-state index is 13.3. The quantitative estimate of drug-likeness (QED) is 0.733. The van der Waals surface area contributed by atoms with E-state index >= 15 is 0 Å². The summed E-state index contributed by atoms with van der Waals surface area (Å²) in [6.07, 6.45) is 3.39. The van der Waals surface area contributed by atoms with Gasteiger partial charge in [-0.3, -0.25) is 14.5 Å². The highest BCUT2D eigenvalue weighted by atomic mass is 19.2. The SMILES string of the molecule is Cn1nc(-c2ccncc2)cc1NC(=O)C(N)Cc1ccc(F)c(F)c1. The molecule has 2 aromatic heterocycles. The van der Waals surface area contributed by atoms with Gasteiger partial charge in [-0.1, -0.05) is 6.07 Å². The Hall–Kier alpha value is -3.13. The van der Waals surface area contributed by atoms with Crippen molar-refractivity contribution in [2.75, 3.05) is 5.32 Å². The van der Waals surface area contributed by atoms with Crippen molar-refractivity contribution in [2.45, 2.75) is 12.5 Å². The minimum atomic E-state index is -0.969. The van der Waals surface area contributed by atoms with Gasteiger partial charge in [-0.05, 0) is 36.2 Å². The number of aryl methyl sites for hydroxylation is 1. The summed E-state index contributed by atoms with van der Waals surface area (Å²) in [5, 5.41) is 7.04. The van der Waals surface area contributed by atoms with Crippen molar-refractivity contribution in [3.8, 4) is 11.3 Å². The first kappa shape index (κ1) is 17.7. The second-order valence-electron chi connectivity index (χ2n) is 5.82. The van der Waals surface area contributed by atoms with Crippen molar-refractivity contribution >= 4 is 11.7 Å². The van der Waals surface area contributed by atoms with Gasteiger partial charge in [0.15, 0.2) is 11.6 Å². The second kappa shape index (κ2) is 7.40. The monoisotopic (exact) mass is 357 g/mol. The van der Waals surface area contributed by atoms with Gasteiger partial charge in [0.2, 0.25) is 5.91 Å². The molecule has 0 aliphatic heterocycles. The largest absolute Gasteiger partial charge is 0.320 e. The zero-order valence-corrected chi connectivity index (χ0v) is 14.0. The molecule has 0 spiro atoms. The average Bonchev–Trinajstić information content (AvgIpc) is 2.99. The molecule has 0 fully saturated rings. The lowest BCUT2D eigenvalue weighted by Crippen LogP contribution is -2.37. The minimum Gasteiger partial charge on any atom is -0.320 e. The van der Waals surface area contributed by atoms with Gasteiger partial charge in [0.25, 0.3) is 0 Å². The van der Waals surface area contributed by atoms with Crippen LogP contribution in [0.3, 0.4) is 0 Å². The number of nitrogens with two attached hydrogens (primary N) is 1. The number of rotatable bonds is 5. The third-order valence-electron chi connectivity index (χ3n) is 3.88. The summed E-state index contributed by atoms with van der Waals surface area (Å²) in [5.41, 5.74) is 7.87. The number of anilines is 1. The van der Waals surface area contributed by atoms with E-state index in [9.17, 15) is 13.6 Å². The van der Waals surface area contributed by atoms with Crippen molar-refractivity contribution < 1.29 is 13.6 Å². The molecule has 3 N–H and O–H groups in total. The summed E-state index contributed by atoms with van der Waals surface area (Å²) >= 11 is 0. The third-order valence-corrected chi connectivity index (χ3v) is 3.88. The molecule has 1 unspecified atom stereocenters. The van der Waals surface area contributed by atoms with Crippen LogP contribution < -0.4 is 11.1 Å². The fourth-order valence-electron chi connectivity index (χ4n) is 2.48. The molecule has 26 heavy (non-hydrogen) atoms. The van der Waals surface area contributed by atoms with Gasteiger partial charge in [-0.2, -0.15) is 5.10 Å². The number of pyridine rings is 1. The third kappa shape index (κ3) is 3.92. The fourth-order valence-corrected chi connectivity index (χ4v) is 2.48. The summed E-state index contributed by atoms with van der Waals surface area (Å²) in [6, 6.07) is 7.87. The maximum Gasteiger partial charge on any atom is 0.242 e. The molecule has 1 amide bonds. The first-order chi connectivity index (χ1) is 12.4. The predicted molar refractivity (Wildman–Crippen MR) is 93.1 cm³/mol. The number of carbonyl (C=O) groups is 1. The number of aromatic nitrogens is 3. The van der Waals surface area contributed by atoms with Gasteiger partial charge in [-0.25, -0.2) is 8.78 Å². The molecule has 0 aliphatic rings. The van der Waals surface area contributed by atoms with E-state index in [0.717, 1.165) is 17.7 Å². The summed E-state index contributed by atoms with van der Waals surface area (Å²) in [5.74, 6) is -1.88. The van der Waals surface area contributed by atoms with Gasteiger partial charge in [0, 0.05) is 31.1 Å². The number of hydrogen-bond donors (Lipinski definition) is 2. The molecule has 0 radical (unpaired) electrons. The topological polar surface area (TPSA) is 85.8 Å². The van der Waals surface area contributed by atoms with E-state index in [0.29, 0.717) is 17.1 Å². The molecule has 1 aromatic carbocycles. The van der Waals surface area contributed by atoms with Crippen LogP contribution in [0, 0.1) is 11.6 Å². The lowest BCUT2D eigenvalue weighted by molar-refractivity contribution is -0.117. The number of carbonyl (C=O) groups excluding carboxylic acids is 1. The van der Waals surface area contributed by atoms with Gasteiger partial charge in [-0.15, -0.1) is 0 Å². The zero-order chi connectivity index (χ0) is 18.7. The highest BCUT2D eigenvalue weighted by molar-refractivity contribution is 5.94. The van der Waals surface area contributed by atoms with Crippen LogP contribution >= 0.6 is 0 Å². The van der Waals surface area contributed by atoms with Gasteiger partial charge >= 0.3 is 0 Å². The summed E-state index contributed by atoms with van der Waals surface area (Å²) in [6.45, 7) is 0. The molecule has 2 heterocycles. The van der Waals surface area contributed by atoms with Crippen molar-refractivity contribution in [3.63, 3.8) is 0 Å². The smallest absolute Gasteiger partial charge is 0.242 e. The first-order valence-electron chi connectivity index (χ1n) is 7.89. The Balaban J connectivity index is 1.69. The Morgan fingerprint density at radius 1 is 1.19 bits per heavy atom. The predicted octanol–water partition coefficient (Wildman–Crippen LogP) is 2.27. The molecule has 1 atom stereocenters. The van der Waals surface area contributed by atoms with Crippen molar-refractivity contribution in [1.29, 1.82) is 0 Å². The second-order valence-corrected chi connectivity index (χ2v) is 5.82. The summed E-state index contributed by atoms with van der Waals surface area (Å²) in [4.78, 5) is 16.3. The Labute approximate surface area is 148 Å². The summed E-state index contributed by atoms with van der Waals surface area (Å²) in [7, 11) is 1.70. The number of halogens is 2.